The van der Waals surface area contributed by atoms with Gasteiger partial charge in [0, 0.05) is 22.3 Å². The van der Waals surface area contributed by atoms with Gasteiger partial charge < -0.3 is 4.90 Å². The van der Waals surface area contributed by atoms with Gasteiger partial charge in [-0.15, -0.1) is 0 Å². The van der Waals surface area contributed by atoms with E-state index in [-0.39, 0.29) is 0 Å². The molecule has 192 valence electrons. The highest BCUT2D eigenvalue weighted by Gasteiger charge is 2.22. The normalized spacial score (nSPS) is 11.4. The Balaban J connectivity index is 1.60. The molecule has 8 aromatic rings. The van der Waals surface area contributed by atoms with Crippen LogP contribution in [0.4, 0.5) is 17.1 Å². The van der Waals surface area contributed by atoms with Gasteiger partial charge in [-0.25, -0.2) is 0 Å². The van der Waals surface area contributed by atoms with Crippen molar-refractivity contribution in [2.45, 2.75) is 0 Å². The molecule has 41 heavy (non-hydrogen) atoms. The Morgan fingerprint density at radius 3 is 1.27 bits per heavy atom. The van der Waals surface area contributed by atoms with Gasteiger partial charge in [0.15, 0.2) is 0 Å². The summed E-state index contributed by atoms with van der Waals surface area (Å²) in [6.45, 7) is 0. The lowest BCUT2D eigenvalue weighted by Gasteiger charge is -2.28. The van der Waals surface area contributed by atoms with E-state index in [2.05, 4.69) is 169 Å². The molecule has 0 unspecified atom stereocenters. The number of anilines is 3. The van der Waals surface area contributed by atoms with Crippen molar-refractivity contribution in [2.75, 3.05) is 4.90 Å². The Bertz CT molecular complexity index is 2100. The molecular weight excluding hydrogens is 494 g/mol. The number of benzene rings is 8. The van der Waals surface area contributed by atoms with Crippen LogP contribution in [-0.4, -0.2) is 0 Å². The second-order valence-electron chi connectivity index (χ2n) is 10.5. The van der Waals surface area contributed by atoms with E-state index < -0.39 is 0 Å². The van der Waals surface area contributed by atoms with Gasteiger partial charge in [0.1, 0.15) is 0 Å². The van der Waals surface area contributed by atoms with Gasteiger partial charge in [0.05, 0.1) is 5.69 Å². The number of hydrogen-bond acceptors (Lipinski definition) is 1. The second kappa shape index (κ2) is 9.66. The summed E-state index contributed by atoms with van der Waals surface area (Å²) in [7, 11) is 0. The maximum atomic E-state index is 2.40. The minimum atomic E-state index is 1.13. The smallest absolute Gasteiger partial charge is 0.0546 e. The van der Waals surface area contributed by atoms with Crippen LogP contribution < -0.4 is 4.90 Å². The van der Waals surface area contributed by atoms with Crippen LogP contribution in [-0.2, 0) is 0 Å². The fraction of sp³-hybridized carbons (Fsp3) is 0. The summed E-state index contributed by atoms with van der Waals surface area (Å²) in [4.78, 5) is 2.40. The van der Waals surface area contributed by atoms with Crippen LogP contribution in [0.25, 0.3) is 54.2 Å². The van der Waals surface area contributed by atoms with Crippen molar-refractivity contribution in [1.82, 2.24) is 0 Å². The Labute approximate surface area is 239 Å². The molecule has 0 bridgehead atoms. The van der Waals surface area contributed by atoms with Crippen molar-refractivity contribution >= 4 is 60.2 Å². The van der Waals surface area contributed by atoms with Crippen molar-refractivity contribution in [1.29, 1.82) is 0 Å². The molecule has 0 aliphatic carbocycles. The van der Waals surface area contributed by atoms with Crippen molar-refractivity contribution < 1.29 is 0 Å². The fourth-order valence-corrected chi connectivity index (χ4v) is 6.41. The lowest BCUT2D eigenvalue weighted by Crippen LogP contribution is -2.10. The van der Waals surface area contributed by atoms with Crippen molar-refractivity contribution in [3.63, 3.8) is 0 Å². The summed E-state index contributed by atoms with van der Waals surface area (Å²) in [5.74, 6) is 0. The Morgan fingerprint density at radius 2 is 0.732 bits per heavy atom. The Kier molecular flexibility index (Phi) is 5.53. The predicted molar refractivity (Wildman–Crippen MR) is 177 cm³/mol. The molecule has 0 atom stereocenters. The van der Waals surface area contributed by atoms with E-state index in [1.165, 1.54) is 54.2 Å². The third kappa shape index (κ3) is 3.86. The third-order valence-electron chi connectivity index (χ3n) is 8.16. The molecule has 8 aromatic carbocycles. The first-order valence-corrected chi connectivity index (χ1v) is 14.1. The molecule has 0 N–H and O–H groups in total. The average molecular weight is 522 g/mol. The zero-order valence-electron chi connectivity index (χ0n) is 22.5. The minimum absolute atomic E-state index is 1.13. The highest BCUT2D eigenvalue weighted by molar-refractivity contribution is 6.25. The van der Waals surface area contributed by atoms with Crippen LogP contribution in [0.3, 0.4) is 0 Å². The molecule has 0 fully saturated rings. The number of hydrogen-bond donors (Lipinski definition) is 0. The summed E-state index contributed by atoms with van der Waals surface area (Å²) in [6, 6.07) is 59.3. The molecular formula is C40H27N. The highest BCUT2D eigenvalue weighted by Crippen LogP contribution is 2.48. The van der Waals surface area contributed by atoms with Gasteiger partial charge in [0.2, 0.25) is 0 Å². The van der Waals surface area contributed by atoms with Gasteiger partial charge in [-0.2, -0.15) is 0 Å². The third-order valence-corrected chi connectivity index (χ3v) is 8.16. The van der Waals surface area contributed by atoms with E-state index in [0.29, 0.717) is 0 Å². The molecule has 0 saturated carbocycles. The highest BCUT2D eigenvalue weighted by atomic mass is 15.1. The van der Waals surface area contributed by atoms with Crippen molar-refractivity contribution in [2.24, 2.45) is 0 Å². The van der Waals surface area contributed by atoms with Crippen LogP contribution in [0.2, 0.25) is 0 Å². The van der Waals surface area contributed by atoms with Gasteiger partial charge >= 0.3 is 0 Å². The van der Waals surface area contributed by atoms with Crippen LogP contribution in [0, 0.1) is 0 Å². The first kappa shape index (κ1) is 23.5. The topological polar surface area (TPSA) is 3.24 Å². The maximum absolute atomic E-state index is 2.40. The molecule has 8 rings (SSSR count). The van der Waals surface area contributed by atoms with E-state index in [0.717, 1.165) is 17.1 Å². The van der Waals surface area contributed by atoms with Crippen LogP contribution >= 0.6 is 0 Å². The SMILES string of the molecule is c1ccc(N(c2ccccc2)c2cccc3cc4ccccc4c(-c4c5ccccc5cc5ccccc45)c23)cc1. The summed E-state index contributed by atoms with van der Waals surface area (Å²) in [5.41, 5.74) is 5.99. The first-order valence-electron chi connectivity index (χ1n) is 14.1. The van der Waals surface area contributed by atoms with Gasteiger partial charge in [-0.1, -0.05) is 121 Å². The second-order valence-corrected chi connectivity index (χ2v) is 10.5. The fourth-order valence-electron chi connectivity index (χ4n) is 6.41. The molecule has 0 heterocycles. The lowest BCUT2D eigenvalue weighted by molar-refractivity contribution is 1.30. The number of rotatable bonds is 4. The van der Waals surface area contributed by atoms with E-state index in [1.54, 1.807) is 0 Å². The minimum Gasteiger partial charge on any atom is -0.310 e. The number of fused-ring (bicyclic) bond motifs is 4. The molecule has 0 aliphatic heterocycles. The molecule has 0 amide bonds. The van der Waals surface area contributed by atoms with Crippen molar-refractivity contribution in [3.8, 4) is 11.1 Å². The summed E-state index contributed by atoms with van der Waals surface area (Å²) in [6.07, 6.45) is 0. The van der Waals surface area contributed by atoms with E-state index in [9.17, 15) is 0 Å². The molecule has 0 aliphatic rings. The van der Waals surface area contributed by atoms with Gasteiger partial charge in [-0.3, -0.25) is 0 Å². The molecule has 0 aromatic heterocycles. The number of nitrogens with zero attached hydrogens (tertiary/aromatic N) is 1. The molecule has 0 radical (unpaired) electrons. The summed E-state index contributed by atoms with van der Waals surface area (Å²) in [5, 5.41) is 10.0. The summed E-state index contributed by atoms with van der Waals surface area (Å²) >= 11 is 0. The van der Waals surface area contributed by atoms with E-state index in [4.69, 9.17) is 0 Å². The predicted octanol–water partition coefficient (Wildman–Crippen LogP) is 11.4. The van der Waals surface area contributed by atoms with Gasteiger partial charge in [0.25, 0.3) is 0 Å². The van der Waals surface area contributed by atoms with Crippen LogP contribution in [0.1, 0.15) is 0 Å². The zero-order chi connectivity index (χ0) is 27.2. The number of para-hydroxylation sites is 2. The monoisotopic (exact) mass is 521 g/mol. The largest absolute Gasteiger partial charge is 0.310 e. The summed E-state index contributed by atoms with van der Waals surface area (Å²) < 4.78 is 0. The van der Waals surface area contributed by atoms with Crippen LogP contribution in [0.15, 0.2) is 164 Å². The van der Waals surface area contributed by atoms with Crippen molar-refractivity contribution in [3.05, 3.63) is 164 Å². The molecule has 1 nitrogen and oxygen atoms in total. The van der Waals surface area contributed by atoms with Crippen LogP contribution in [0.5, 0.6) is 0 Å². The average Bonchev–Trinajstić information content (AvgIpc) is 3.04. The molecule has 1 heteroatoms. The van der Waals surface area contributed by atoms with E-state index >= 15 is 0 Å². The van der Waals surface area contributed by atoms with E-state index in [1.807, 2.05) is 0 Å². The lowest BCUT2D eigenvalue weighted by atomic mass is 9.85. The standard InChI is InChI=1S/C40H27N/c1-3-18-32(19-4-1)41(33-20-5-2-6-21-33)37-25-13-17-31-27-30-16-9-12-24-36(30)40(38(31)37)39-34-22-10-7-14-28(34)26-29-15-8-11-23-35(29)39/h1-27H. The first-order chi connectivity index (χ1) is 20.4. The molecule has 0 spiro atoms. The Hall–Kier alpha value is -5.40. The quantitative estimate of drug-likeness (QED) is 0.208. The Morgan fingerprint density at radius 1 is 0.317 bits per heavy atom. The van der Waals surface area contributed by atoms with Gasteiger partial charge in [-0.05, 0) is 85.7 Å². The maximum Gasteiger partial charge on any atom is 0.0546 e. The molecule has 0 saturated heterocycles. The zero-order valence-corrected chi connectivity index (χ0v) is 22.5.